The van der Waals surface area contributed by atoms with E-state index in [2.05, 4.69) is 5.32 Å². The van der Waals surface area contributed by atoms with Gasteiger partial charge in [0.2, 0.25) is 10.0 Å². The zero-order chi connectivity index (χ0) is 16.3. The number of rotatable bonds is 6. The average Bonchev–Trinajstić information content (AvgIpc) is 2.36. The van der Waals surface area contributed by atoms with Gasteiger partial charge in [-0.3, -0.25) is 10.1 Å². The van der Waals surface area contributed by atoms with Gasteiger partial charge in [-0.05, 0) is 6.07 Å². The van der Waals surface area contributed by atoms with Crippen molar-refractivity contribution in [3.05, 3.63) is 28.3 Å². The van der Waals surface area contributed by atoms with Gasteiger partial charge in [0, 0.05) is 25.7 Å². The predicted octanol–water partition coefficient (Wildman–Crippen LogP) is 1.87. The molecule has 2 N–H and O–H groups in total. The molecule has 0 bridgehead atoms. The minimum absolute atomic E-state index is 0.0418. The summed E-state index contributed by atoms with van der Waals surface area (Å²) in [4.78, 5) is 9.36. The molecule has 0 fully saturated rings. The van der Waals surface area contributed by atoms with Crippen molar-refractivity contribution in [3.63, 3.8) is 0 Å². The third kappa shape index (κ3) is 4.86. The normalized spacial score (nSPS) is 12.2. The van der Waals surface area contributed by atoms with E-state index in [-0.39, 0.29) is 5.69 Å². The summed E-state index contributed by atoms with van der Waals surface area (Å²) in [6.45, 7) is -0.850. The smallest absolute Gasteiger partial charge is 0.387 e. The second-order valence-corrected chi connectivity index (χ2v) is 5.69. The van der Waals surface area contributed by atoms with E-state index in [1.807, 2.05) is 0 Å². The predicted molar refractivity (Wildman–Crippen MR) is 68.5 cm³/mol. The number of hydrogen-bond acceptors (Lipinski definition) is 5. The van der Waals surface area contributed by atoms with Crippen molar-refractivity contribution in [2.45, 2.75) is 17.5 Å². The van der Waals surface area contributed by atoms with Crippen LogP contribution >= 0.6 is 0 Å². The van der Waals surface area contributed by atoms with Gasteiger partial charge < -0.3 is 5.32 Å². The standard InChI is InChI=1S/C10H12F3N3O4S/c1-14-8-3-2-7(16(17)18)6-9(8)21(19,20)15-5-4-10(11,12)13/h2-3,6,14-15H,4-5H2,1H3. The molecule has 0 aliphatic rings. The van der Waals surface area contributed by atoms with E-state index >= 15 is 0 Å². The van der Waals surface area contributed by atoms with E-state index in [4.69, 9.17) is 0 Å². The quantitative estimate of drug-likeness (QED) is 0.613. The Morgan fingerprint density at radius 1 is 1.33 bits per heavy atom. The van der Waals surface area contributed by atoms with Crippen LogP contribution < -0.4 is 10.0 Å². The van der Waals surface area contributed by atoms with E-state index in [1.165, 1.54) is 7.05 Å². The first-order chi connectivity index (χ1) is 9.57. The van der Waals surface area contributed by atoms with Crippen molar-refractivity contribution in [1.82, 2.24) is 4.72 Å². The second kappa shape index (κ2) is 6.26. The molecule has 0 heterocycles. The molecule has 0 saturated heterocycles. The summed E-state index contributed by atoms with van der Waals surface area (Å²) in [5.41, 5.74) is -0.440. The van der Waals surface area contributed by atoms with Gasteiger partial charge in [-0.15, -0.1) is 0 Å². The Bertz CT molecular complexity index is 631. The molecule has 21 heavy (non-hydrogen) atoms. The minimum Gasteiger partial charge on any atom is -0.387 e. The summed E-state index contributed by atoms with van der Waals surface area (Å²) in [5, 5.41) is 13.2. The topological polar surface area (TPSA) is 101 Å². The number of anilines is 1. The molecule has 0 spiro atoms. The molecule has 7 nitrogen and oxygen atoms in total. The lowest BCUT2D eigenvalue weighted by atomic mass is 10.3. The molecule has 0 aliphatic heterocycles. The Morgan fingerprint density at radius 3 is 2.43 bits per heavy atom. The maximum atomic E-state index is 12.0. The molecule has 1 rings (SSSR count). The number of nitrogens with zero attached hydrogens (tertiary/aromatic N) is 1. The van der Waals surface area contributed by atoms with Crippen molar-refractivity contribution in [3.8, 4) is 0 Å². The van der Waals surface area contributed by atoms with E-state index in [0.29, 0.717) is 0 Å². The van der Waals surface area contributed by atoms with Crippen LogP contribution in [-0.4, -0.2) is 33.1 Å². The molecule has 1 aromatic carbocycles. The summed E-state index contributed by atoms with van der Waals surface area (Å²) in [7, 11) is -2.91. The van der Waals surface area contributed by atoms with Gasteiger partial charge in [-0.1, -0.05) is 0 Å². The molecule has 0 atom stereocenters. The van der Waals surface area contributed by atoms with Crippen LogP contribution in [0.3, 0.4) is 0 Å². The monoisotopic (exact) mass is 327 g/mol. The van der Waals surface area contributed by atoms with Gasteiger partial charge in [0.25, 0.3) is 5.69 Å². The van der Waals surface area contributed by atoms with Crippen LogP contribution in [-0.2, 0) is 10.0 Å². The first kappa shape index (κ1) is 17.2. The highest BCUT2D eigenvalue weighted by atomic mass is 32.2. The summed E-state index contributed by atoms with van der Waals surface area (Å²) >= 11 is 0. The number of sulfonamides is 1. The number of benzene rings is 1. The zero-order valence-electron chi connectivity index (χ0n) is 10.8. The van der Waals surface area contributed by atoms with Crippen LogP contribution in [0.4, 0.5) is 24.5 Å². The zero-order valence-corrected chi connectivity index (χ0v) is 11.6. The number of nitrogens with one attached hydrogen (secondary N) is 2. The Morgan fingerprint density at radius 2 is 1.95 bits per heavy atom. The van der Waals surface area contributed by atoms with Gasteiger partial charge in [0.1, 0.15) is 4.90 Å². The number of alkyl halides is 3. The van der Waals surface area contributed by atoms with Gasteiger partial charge in [-0.25, -0.2) is 13.1 Å². The fraction of sp³-hybridized carbons (Fsp3) is 0.400. The molecule has 0 unspecified atom stereocenters. The summed E-state index contributed by atoms with van der Waals surface area (Å²) < 4.78 is 61.7. The fourth-order valence-corrected chi connectivity index (χ4v) is 2.72. The van der Waals surface area contributed by atoms with Crippen LogP contribution in [0, 0.1) is 10.1 Å². The number of hydrogen-bond donors (Lipinski definition) is 2. The van der Waals surface area contributed by atoms with Crippen molar-refractivity contribution in [1.29, 1.82) is 0 Å². The number of nitro groups is 1. The van der Waals surface area contributed by atoms with Crippen molar-refractivity contribution < 1.29 is 26.5 Å². The Hall–Kier alpha value is -1.88. The third-order valence-electron chi connectivity index (χ3n) is 2.44. The SMILES string of the molecule is CNc1ccc([N+](=O)[O-])cc1S(=O)(=O)NCCC(F)(F)F. The second-order valence-electron chi connectivity index (χ2n) is 3.95. The molecule has 11 heteroatoms. The van der Waals surface area contributed by atoms with E-state index in [1.54, 1.807) is 4.72 Å². The van der Waals surface area contributed by atoms with Crippen LogP contribution in [0.2, 0.25) is 0 Å². The van der Waals surface area contributed by atoms with Gasteiger partial charge >= 0.3 is 6.18 Å². The van der Waals surface area contributed by atoms with Crippen molar-refractivity contribution in [2.75, 3.05) is 18.9 Å². The third-order valence-corrected chi connectivity index (χ3v) is 3.94. The summed E-state index contributed by atoms with van der Waals surface area (Å²) in [5.74, 6) is 0. The maximum Gasteiger partial charge on any atom is 0.390 e. The van der Waals surface area contributed by atoms with Crippen molar-refractivity contribution >= 4 is 21.4 Å². The van der Waals surface area contributed by atoms with E-state index in [0.717, 1.165) is 18.2 Å². The van der Waals surface area contributed by atoms with Crippen LogP contribution in [0.1, 0.15) is 6.42 Å². The Kier molecular flexibility index (Phi) is 5.12. The number of non-ortho nitro benzene ring substituents is 1. The lowest BCUT2D eigenvalue weighted by molar-refractivity contribution is -0.385. The van der Waals surface area contributed by atoms with Gasteiger partial charge in [0.05, 0.1) is 17.0 Å². The van der Waals surface area contributed by atoms with Crippen LogP contribution in [0.15, 0.2) is 23.1 Å². The average molecular weight is 327 g/mol. The fourth-order valence-electron chi connectivity index (χ4n) is 1.46. The van der Waals surface area contributed by atoms with Gasteiger partial charge in [0.15, 0.2) is 0 Å². The molecule has 0 aromatic heterocycles. The Balaban J connectivity index is 3.06. The number of halogens is 3. The highest BCUT2D eigenvalue weighted by molar-refractivity contribution is 7.89. The molecule has 0 amide bonds. The van der Waals surface area contributed by atoms with Crippen LogP contribution in [0.25, 0.3) is 0 Å². The van der Waals surface area contributed by atoms with E-state index in [9.17, 15) is 31.7 Å². The maximum absolute atomic E-state index is 12.0. The summed E-state index contributed by atoms with van der Waals surface area (Å²) in [6, 6.07) is 3.03. The number of nitro benzene ring substituents is 1. The molecular weight excluding hydrogens is 315 g/mol. The lowest BCUT2D eigenvalue weighted by Crippen LogP contribution is -2.28. The molecular formula is C10H12F3N3O4S. The minimum atomic E-state index is -4.50. The highest BCUT2D eigenvalue weighted by Crippen LogP contribution is 2.26. The molecule has 0 radical (unpaired) electrons. The summed E-state index contributed by atoms with van der Waals surface area (Å²) in [6.07, 6.45) is -5.84. The highest BCUT2D eigenvalue weighted by Gasteiger charge is 2.28. The largest absolute Gasteiger partial charge is 0.390 e. The molecule has 0 aliphatic carbocycles. The Labute approximate surface area is 118 Å². The van der Waals surface area contributed by atoms with Crippen LogP contribution in [0.5, 0.6) is 0 Å². The molecule has 0 saturated carbocycles. The van der Waals surface area contributed by atoms with E-state index < -0.39 is 44.7 Å². The molecule has 118 valence electrons. The first-order valence-corrected chi connectivity index (χ1v) is 7.08. The molecule has 1 aromatic rings. The van der Waals surface area contributed by atoms with Gasteiger partial charge in [-0.2, -0.15) is 13.2 Å². The van der Waals surface area contributed by atoms with Crippen molar-refractivity contribution in [2.24, 2.45) is 0 Å². The lowest BCUT2D eigenvalue weighted by Gasteiger charge is -2.12. The first-order valence-electron chi connectivity index (χ1n) is 5.59.